The molecule has 0 aliphatic heterocycles. The molecule has 0 aliphatic carbocycles. The molecule has 1 atom stereocenters. The van der Waals surface area contributed by atoms with Crippen molar-refractivity contribution in [2.75, 3.05) is 13.1 Å². The van der Waals surface area contributed by atoms with E-state index in [-0.39, 0.29) is 6.10 Å². The van der Waals surface area contributed by atoms with Gasteiger partial charge in [0, 0.05) is 6.54 Å². The van der Waals surface area contributed by atoms with Crippen molar-refractivity contribution in [3.05, 3.63) is 29.3 Å². The SMILES string of the molecule is CCNCC(Oc1cc(C)cc(C)c1)C(C)C. The number of hydrogen-bond donors (Lipinski definition) is 1. The smallest absolute Gasteiger partial charge is 0.120 e. The van der Waals surface area contributed by atoms with E-state index in [0.717, 1.165) is 18.8 Å². The summed E-state index contributed by atoms with van der Waals surface area (Å²) < 4.78 is 6.08. The molecule has 0 amide bonds. The Morgan fingerprint density at radius 2 is 1.71 bits per heavy atom. The predicted molar refractivity (Wildman–Crippen MR) is 73.7 cm³/mol. The third-order valence-electron chi connectivity index (χ3n) is 2.82. The van der Waals surface area contributed by atoms with Gasteiger partial charge < -0.3 is 10.1 Å². The Morgan fingerprint density at radius 1 is 1.12 bits per heavy atom. The van der Waals surface area contributed by atoms with Gasteiger partial charge in [0.2, 0.25) is 0 Å². The van der Waals surface area contributed by atoms with E-state index < -0.39 is 0 Å². The quantitative estimate of drug-likeness (QED) is 0.816. The molecule has 1 aromatic rings. The molecule has 0 fully saturated rings. The number of rotatable bonds is 6. The fourth-order valence-electron chi connectivity index (χ4n) is 1.88. The number of aryl methyl sites for hydroxylation is 2. The van der Waals surface area contributed by atoms with Gasteiger partial charge in [-0.3, -0.25) is 0 Å². The number of benzene rings is 1. The third-order valence-corrected chi connectivity index (χ3v) is 2.82. The van der Waals surface area contributed by atoms with Crippen LogP contribution in [0.15, 0.2) is 18.2 Å². The van der Waals surface area contributed by atoms with E-state index >= 15 is 0 Å². The van der Waals surface area contributed by atoms with Crippen LogP contribution in [0.3, 0.4) is 0 Å². The van der Waals surface area contributed by atoms with Crippen LogP contribution in [0.4, 0.5) is 0 Å². The van der Waals surface area contributed by atoms with Crippen LogP contribution >= 0.6 is 0 Å². The van der Waals surface area contributed by atoms with Crippen molar-refractivity contribution in [2.45, 2.75) is 40.7 Å². The van der Waals surface area contributed by atoms with Crippen molar-refractivity contribution in [2.24, 2.45) is 5.92 Å². The average molecular weight is 235 g/mol. The molecule has 0 heterocycles. The molecule has 1 rings (SSSR count). The molecule has 0 saturated carbocycles. The zero-order valence-electron chi connectivity index (χ0n) is 11.7. The highest BCUT2D eigenvalue weighted by molar-refractivity contribution is 5.33. The molecule has 0 bridgehead atoms. The van der Waals surface area contributed by atoms with Gasteiger partial charge >= 0.3 is 0 Å². The largest absolute Gasteiger partial charge is 0.489 e. The first-order chi connectivity index (χ1) is 8.02. The summed E-state index contributed by atoms with van der Waals surface area (Å²) in [6, 6.07) is 6.38. The van der Waals surface area contributed by atoms with Crippen molar-refractivity contribution in [3.63, 3.8) is 0 Å². The summed E-state index contributed by atoms with van der Waals surface area (Å²) in [5, 5.41) is 3.35. The predicted octanol–water partition coefficient (Wildman–Crippen LogP) is 3.32. The Labute approximate surface area is 105 Å². The minimum Gasteiger partial charge on any atom is -0.489 e. The van der Waals surface area contributed by atoms with Crippen LogP contribution < -0.4 is 10.1 Å². The topological polar surface area (TPSA) is 21.3 Å². The lowest BCUT2D eigenvalue weighted by atomic mass is 10.1. The van der Waals surface area contributed by atoms with Gasteiger partial charge in [-0.05, 0) is 49.6 Å². The van der Waals surface area contributed by atoms with Gasteiger partial charge in [-0.2, -0.15) is 0 Å². The lowest BCUT2D eigenvalue weighted by Gasteiger charge is -2.23. The van der Waals surface area contributed by atoms with Crippen molar-refractivity contribution >= 4 is 0 Å². The molecular weight excluding hydrogens is 210 g/mol. The summed E-state index contributed by atoms with van der Waals surface area (Å²) in [7, 11) is 0. The van der Waals surface area contributed by atoms with Gasteiger partial charge in [0.15, 0.2) is 0 Å². The summed E-state index contributed by atoms with van der Waals surface area (Å²) in [6.07, 6.45) is 0.233. The Hall–Kier alpha value is -1.02. The van der Waals surface area contributed by atoms with Crippen LogP contribution in [0.5, 0.6) is 5.75 Å². The van der Waals surface area contributed by atoms with E-state index in [2.05, 4.69) is 58.1 Å². The first-order valence-corrected chi connectivity index (χ1v) is 6.48. The van der Waals surface area contributed by atoms with Gasteiger partial charge in [-0.25, -0.2) is 0 Å². The zero-order chi connectivity index (χ0) is 12.8. The van der Waals surface area contributed by atoms with E-state index in [4.69, 9.17) is 4.74 Å². The van der Waals surface area contributed by atoms with Crippen LogP contribution in [0, 0.1) is 19.8 Å². The average Bonchev–Trinajstić information content (AvgIpc) is 2.22. The molecule has 1 aromatic carbocycles. The van der Waals surface area contributed by atoms with Crippen LogP contribution in [0.2, 0.25) is 0 Å². The second-order valence-corrected chi connectivity index (χ2v) is 5.03. The number of nitrogens with one attached hydrogen (secondary N) is 1. The molecule has 1 N–H and O–H groups in total. The van der Waals surface area contributed by atoms with Gasteiger partial charge in [-0.15, -0.1) is 0 Å². The van der Waals surface area contributed by atoms with Crippen LogP contribution in [0.1, 0.15) is 31.9 Å². The highest BCUT2D eigenvalue weighted by Gasteiger charge is 2.14. The zero-order valence-corrected chi connectivity index (χ0v) is 11.7. The molecule has 17 heavy (non-hydrogen) atoms. The first-order valence-electron chi connectivity index (χ1n) is 6.48. The Kier molecular flexibility index (Phi) is 5.49. The molecular formula is C15H25NO. The lowest BCUT2D eigenvalue weighted by Crippen LogP contribution is -2.35. The molecule has 0 spiro atoms. The van der Waals surface area contributed by atoms with Gasteiger partial charge in [0.1, 0.15) is 11.9 Å². The molecule has 0 saturated heterocycles. The van der Waals surface area contributed by atoms with E-state index in [1.807, 2.05) is 0 Å². The highest BCUT2D eigenvalue weighted by Crippen LogP contribution is 2.19. The van der Waals surface area contributed by atoms with Crippen molar-refractivity contribution in [1.82, 2.24) is 5.32 Å². The lowest BCUT2D eigenvalue weighted by molar-refractivity contribution is 0.149. The van der Waals surface area contributed by atoms with Gasteiger partial charge in [0.05, 0.1) is 0 Å². The normalized spacial score (nSPS) is 12.8. The number of likely N-dealkylation sites (N-methyl/N-ethyl adjacent to an activating group) is 1. The van der Waals surface area contributed by atoms with Crippen LogP contribution in [-0.2, 0) is 0 Å². The monoisotopic (exact) mass is 235 g/mol. The van der Waals surface area contributed by atoms with E-state index in [1.54, 1.807) is 0 Å². The molecule has 96 valence electrons. The summed E-state index contributed by atoms with van der Waals surface area (Å²) >= 11 is 0. The van der Waals surface area contributed by atoms with Gasteiger partial charge in [-0.1, -0.05) is 26.8 Å². The molecule has 2 nitrogen and oxygen atoms in total. The fourth-order valence-corrected chi connectivity index (χ4v) is 1.88. The van der Waals surface area contributed by atoms with E-state index in [1.165, 1.54) is 11.1 Å². The highest BCUT2D eigenvalue weighted by atomic mass is 16.5. The summed E-state index contributed by atoms with van der Waals surface area (Å²) in [5.74, 6) is 1.49. The van der Waals surface area contributed by atoms with E-state index in [9.17, 15) is 0 Å². The number of ether oxygens (including phenoxy) is 1. The Bertz CT molecular complexity index is 327. The second-order valence-electron chi connectivity index (χ2n) is 5.03. The summed E-state index contributed by atoms with van der Waals surface area (Å²) in [6.45, 7) is 12.6. The van der Waals surface area contributed by atoms with Crippen molar-refractivity contribution < 1.29 is 4.74 Å². The Balaban J connectivity index is 2.71. The maximum Gasteiger partial charge on any atom is 0.120 e. The van der Waals surface area contributed by atoms with Crippen molar-refractivity contribution in [3.8, 4) is 5.75 Å². The maximum atomic E-state index is 6.08. The Morgan fingerprint density at radius 3 is 2.18 bits per heavy atom. The van der Waals surface area contributed by atoms with Gasteiger partial charge in [0.25, 0.3) is 0 Å². The molecule has 0 aromatic heterocycles. The molecule has 2 heteroatoms. The number of hydrogen-bond acceptors (Lipinski definition) is 2. The fraction of sp³-hybridized carbons (Fsp3) is 0.600. The van der Waals surface area contributed by atoms with Crippen LogP contribution in [0.25, 0.3) is 0 Å². The molecule has 1 unspecified atom stereocenters. The molecule has 0 radical (unpaired) electrons. The standard InChI is InChI=1S/C15H25NO/c1-6-16-10-15(11(2)3)17-14-8-12(4)7-13(5)9-14/h7-9,11,15-16H,6,10H2,1-5H3. The van der Waals surface area contributed by atoms with Crippen molar-refractivity contribution in [1.29, 1.82) is 0 Å². The van der Waals surface area contributed by atoms with E-state index in [0.29, 0.717) is 5.92 Å². The first kappa shape index (κ1) is 14.0. The summed E-state index contributed by atoms with van der Waals surface area (Å²) in [5.41, 5.74) is 2.51. The maximum absolute atomic E-state index is 6.08. The molecule has 0 aliphatic rings. The second kappa shape index (κ2) is 6.65. The van der Waals surface area contributed by atoms with Crippen LogP contribution in [-0.4, -0.2) is 19.2 Å². The minimum absolute atomic E-state index is 0.233. The summed E-state index contributed by atoms with van der Waals surface area (Å²) in [4.78, 5) is 0. The minimum atomic E-state index is 0.233. The third kappa shape index (κ3) is 4.78.